The Morgan fingerprint density at radius 3 is 2.90 bits per heavy atom. The number of hydrogen-bond acceptors (Lipinski definition) is 3. The molecule has 0 amide bonds. The van der Waals surface area contributed by atoms with Gasteiger partial charge in [-0.05, 0) is 18.9 Å². The molecular weight excluding hydrogens is 367 g/mol. The lowest BCUT2D eigenvalue weighted by Gasteiger charge is -2.21. The van der Waals surface area contributed by atoms with E-state index in [9.17, 15) is 0 Å². The molecular formula is C14H21IN4O. The van der Waals surface area contributed by atoms with Gasteiger partial charge in [-0.25, -0.2) is 4.98 Å². The van der Waals surface area contributed by atoms with E-state index in [1.165, 1.54) is 12.8 Å². The minimum atomic E-state index is 0. The zero-order valence-corrected chi connectivity index (χ0v) is 14.0. The monoisotopic (exact) mass is 388 g/mol. The molecule has 3 rings (SSSR count). The molecule has 20 heavy (non-hydrogen) atoms. The van der Waals surface area contributed by atoms with E-state index in [1.54, 1.807) is 6.20 Å². The molecule has 1 aromatic rings. The summed E-state index contributed by atoms with van der Waals surface area (Å²) in [5, 5.41) is 3.47. The van der Waals surface area contributed by atoms with E-state index in [1.807, 2.05) is 25.2 Å². The normalized spacial score (nSPS) is 22.4. The van der Waals surface area contributed by atoms with Crippen LogP contribution in [0, 0.1) is 0 Å². The Morgan fingerprint density at radius 1 is 1.40 bits per heavy atom. The number of nitrogens with one attached hydrogen (secondary N) is 1. The number of halogens is 1. The topological polar surface area (TPSA) is 49.8 Å². The molecule has 1 saturated carbocycles. The fourth-order valence-corrected chi connectivity index (χ4v) is 2.31. The largest absolute Gasteiger partial charge is 0.472 e. The predicted octanol–water partition coefficient (Wildman–Crippen LogP) is 1.89. The van der Waals surface area contributed by atoms with E-state index in [4.69, 9.17) is 4.74 Å². The van der Waals surface area contributed by atoms with Gasteiger partial charge in [0.1, 0.15) is 6.10 Å². The van der Waals surface area contributed by atoms with Gasteiger partial charge in [0.15, 0.2) is 5.96 Å². The molecule has 0 spiro atoms. The minimum absolute atomic E-state index is 0. The Labute approximate surface area is 136 Å². The third-order valence-electron chi connectivity index (χ3n) is 3.49. The molecule has 0 bridgehead atoms. The number of nitrogens with zero attached hydrogens (tertiary/aromatic N) is 3. The van der Waals surface area contributed by atoms with Crippen LogP contribution in [0.3, 0.4) is 0 Å². The maximum atomic E-state index is 5.89. The van der Waals surface area contributed by atoms with E-state index in [0.717, 1.165) is 25.5 Å². The average Bonchev–Trinajstić information content (AvgIpc) is 3.15. The fraction of sp³-hybridized carbons (Fsp3) is 0.571. The molecule has 0 radical (unpaired) electrons. The third-order valence-corrected chi connectivity index (χ3v) is 3.49. The lowest BCUT2D eigenvalue weighted by molar-refractivity contribution is 0.205. The first-order valence-electron chi connectivity index (χ1n) is 6.91. The fourth-order valence-electron chi connectivity index (χ4n) is 2.31. The molecule has 2 heterocycles. The van der Waals surface area contributed by atoms with Gasteiger partial charge in [-0.2, -0.15) is 0 Å². The summed E-state index contributed by atoms with van der Waals surface area (Å²) in [5.41, 5.74) is 0. The van der Waals surface area contributed by atoms with Gasteiger partial charge >= 0.3 is 0 Å². The molecule has 1 aliphatic carbocycles. The smallest absolute Gasteiger partial charge is 0.213 e. The summed E-state index contributed by atoms with van der Waals surface area (Å²) in [7, 11) is 1.84. The highest BCUT2D eigenvalue weighted by Crippen LogP contribution is 2.21. The number of guanidine groups is 1. The van der Waals surface area contributed by atoms with Crippen LogP contribution in [-0.2, 0) is 0 Å². The molecule has 1 saturated heterocycles. The van der Waals surface area contributed by atoms with Gasteiger partial charge in [-0.15, -0.1) is 24.0 Å². The predicted molar refractivity (Wildman–Crippen MR) is 89.8 cm³/mol. The number of rotatable bonds is 3. The van der Waals surface area contributed by atoms with Crippen LogP contribution in [0.4, 0.5) is 0 Å². The quantitative estimate of drug-likeness (QED) is 0.488. The van der Waals surface area contributed by atoms with Crippen molar-refractivity contribution >= 4 is 29.9 Å². The van der Waals surface area contributed by atoms with Crippen LogP contribution < -0.4 is 10.1 Å². The van der Waals surface area contributed by atoms with Crippen molar-refractivity contribution in [2.24, 2.45) is 4.99 Å². The van der Waals surface area contributed by atoms with E-state index < -0.39 is 0 Å². The Hall–Kier alpha value is -1.05. The zero-order chi connectivity index (χ0) is 13.1. The third kappa shape index (κ3) is 3.97. The van der Waals surface area contributed by atoms with E-state index in [0.29, 0.717) is 11.9 Å². The number of pyridine rings is 1. The van der Waals surface area contributed by atoms with Gasteiger partial charge in [0.2, 0.25) is 5.88 Å². The second-order valence-electron chi connectivity index (χ2n) is 5.11. The first kappa shape index (κ1) is 15.3. The van der Waals surface area contributed by atoms with Crippen molar-refractivity contribution in [2.45, 2.75) is 31.4 Å². The number of likely N-dealkylation sites (tertiary alicyclic amines) is 1. The van der Waals surface area contributed by atoms with Gasteiger partial charge in [-0.1, -0.05) is 6.07 Å². The molecule has 1 N–H and O–H groups in total. The van der Waals surface area contributed by atoms with Crippen molar-refractivity contribution in [3.8, 4) is 5.88 Å². The Balaban J connectivity index is 0.00000147. The van der Waals surface area contributed by atoms with Gasteiger partial charge in [0.05, 0.1) is 6.54 Å². The molecule has 2 fully saturated rings. The molecule has 1 aliphatic heterocycles. The summed E-state index contributed by atoms with van der Waals surface area (Å²) in [6.07, 6.45) is 5.51. The van der Waals surface area contributed by atoms with Crippen LogP contribution in [0.1, 0.15) is 19.3 Å². The SMILES string of the molecule is CN=C(NC1CC1)N1CCC(Oc2ccccn2)C1.I. The van der Waals surface area contributed by atoms with Crippen molar-refractivity contribution < 1.29 is 4.74 Å². The van der Waals surface area contributed by atoms with Gasteiger partial charge in [0, 0.05) is 38.3 Å². The highest BCUT2D eigenvalue weighted by Gasteiger charge is 2.30. The molecule has 110 valence electrons. The lowest BCUT2D eigenvalue weighted by Crippen LogP contribution is -2.41. The molecule has 1 atom stereocenters. The molecule has 6 heteroatoms. The minimum Gasteiger partial charge on any atom is -0.472 e. The standard InChI is InChI=1S/C14H20N4O.HI/c1-15-14(17-11-5-6-11)18-9-7-12(10-18)19-13-4-2-3-8-16-13;/h2-4,8,11-12H,5-7,9-10H2,1H3,(H,15,17);1H. The van der Waals surface area contributed by atoms with E-state index in [-0.39, 0.29) is 30.1 Å². The van der Waals surface area contributed by atoms with Crippen LogP contribution in [0.25, 0.3) is 0 Å². The van der Waals surface area contributed by atoms with Crippen molar-refractivity contribution in [1.82, 2.24) is 15.2 Å². The van der Waals surface area contributed by atoms with Crippen molar-refractivity contribution in [3.63, 3.8) is 0 Å². The molecule has 5 nitrogen and oxygen atoms in total. The lowest BCUT2D eigenvalue weighted by atomic mass is 10.3. The van der Waals surface area contributed by atoms with Crippen LogP contribution >= 0.6 is 24.0 Å². The highest BCUT2D eigenvalue weighted by molar-refractivity contribution is 14.0. The van der Waals surface area contributed by atoms with Crippen LogP contribution in [0.15, 0.2) is 29.4 Å². The highest BCUT2D eigenvalue weighted by atomic mass is 127. The summed E-state index contributed by atoms with van der Waals surface area (Å²) >= 11 is 0. The Morgan fingerprint density at radius 2 is 2.25 bits per heavy atom. The maximum absolute atomic E-state index is 5.89. The van der Waals surface area contributed by atoms with Crippen molar-refractivity contribution in [3.05, 3.63) is 24.4 Å². The second-order valence-corrected chi connectivity index (χ2v) is 5.11. The molecule has 0 aromatic carbocycles. The summed E-state index contributed by atoms with van der Waals surface area (Å²) in [6.45, 7) is 1.87. The molecule has 2 aliphatic rings. The summed E-state index contributed by atoms with van der Waals surface area (Å²) in [5.74, 6) is 1.72. The number of aliphatic imine (C=N–C) groups is 1. The number of hydrogen-bond donors (Lipinski definition) is 1. The van der Waals surface area contributed by atoms with Gasteiger partial charge in [0.25, 0.3) is 0 Å². The van der Waals surface area contributed by atoms with Crippen LogP contribution in [0.2, 0.25) is 0 Å². The van der Waals surface area contributed by atoms with Crippen molar-refractivity contribution in [2.75, 3.05) is 20.1 Å². The Bertz CT molecular complexity index is 450. The average molecular weight is 388 g/mol. The summed E-state index contributed by atoms with van der Waals surface area (Å²) in [6, 6.07) is 6.38. The van der Waals surface area contributed by atoms with Gasteiger partial charge < -0.3 is 15.0 Å². The van der Waals surface area contributed by atoms with Crippen molar-refractivity contribution in [1.29, 1.82) is 0 Å². The van der Waals surface area contributed by atoms with E-state index in [2.05, 4.69) is 20.2 Å². The molecule has 1 aromatic heterocycles. The van der Waals surface area contributed by atoms with E-state index >= 15 is 0 Å². The number of aromatic nitrogens is 1. The van der Waals surface area contributed by atoms with Crippen LogP contribution in [-0.4, -0.2) is 48.1 Å². The Kier molecular flexibility index (Phi) is 5.45. The zero-order valence-electron chi connectivity index (χ0n) is 11.7. The summed E-state index contributed by atoms with van der Waals surface area (Å²) in [4.78, 5) is 10.8. The number of ether oxygens (including phenoxy) is 1. The second kappa shape index (κ2) is 7.10. The first-order chi connectivity index (χ1) is 9.35. The van der Waals surface area contributed by atoms with Crippen LogP contribution in [0.5, 0.6) is 5.88 Å². The van der Waals surface area contributed by atoms with Gasteiger partial charge in [-0.3, -0.25) is 4.99 Å². The summed E-state index contributed by atoms with van der Waals surface area (Å²) < 4.78 is 5.89. The first-order valence-corrected chi connectivity index (χ1v) is 6.91. The molecule has 1 unspecified atom stereocenters. The maximum Gasteiger partial charge on any atom is 0.213 e.